The summed E-state index contributed by atoms with van der Waals surface area (Å²) in [5, 5.41) is 0. The molecule has 0 aromatic rings. The van der Waals surface area contributed by atoms with Crippen molar-refractivity contribution in [2.45, 2.75) is 57.2 Å². The van der Waals surface area contributed by atoms with E-state index >= 15 is 0 Å². The molecule has 0 bridgehead atoms. The van der Waals surface area contributed by atoms with Gasteiger partial charge in [0, 0.05) is 58.7 Å². The third-order valence-corrected chi connectivity index (χ3v) is 6.55. The Labute approximate surface area is 160 Å². The summed E-state index contributed by atoms with van der Waals surface area (Å²) in [7, 11) is 0. The first-order valence-corrected chi connectivity index (χ1v) is 10.3. The lowest BCUT2D eigenvalue weighted by atomic mass is 10.0. The lowest BCUT2D eigenvalue weighted by Gasteiger charge is -2.37. The summed E-state index contributed by atoms with van der Waals surface area (Å²) >= 11 is 0. The topological polar surface area (TPSA) is 73.4 Å². The van der Waals surface area contributed by atoms with E-state index in [0.29, 0.717) is 19.5 Å². The highest BCUT2D eigenvalue weighted by Gasteiger charge is 2.50. The molecule has 3 amide bonds. The second-order valence-corrected chi connectivity index (χ2v) is 8.23. The minimum absolute atomic E-state index is 0.00491. The molecular weight excluding hydrogens is 348 g/mol. The van der Waals surface area contributed by atoms with Gasteiger partial charge in [0.25, 0.3) is 0 Å². The van der Waals surface area contributed by atoms with Gasteiger partial charge in [-0.1, -0.05) is 0 Å². The van der Waals surface area contributed by atoms with Crippen molar-refractivity contribution in [1.29, 1.82) is 0 Å². The summed E-state index contributed by atoms with van der Waals surface area (Å²) in [6, 6.07) is 0.166. The summed E-state index contributed by atoms with van der Waals surface area (Å²) in [6.07, 6.45) is 4.24. The maximum Gasteiger partial charge on any atom is 0.410 e. The number of hydrogen-bond donors (Lipinski definition) is 0. The molecule has 0 spiro atoms. The molecule has 0 aromatic carbocycles. The number of rotatable bonds is 4. The standard InChI is InChI=1S/C19H30N4O4/c1-14(24)22-12-16-17(13-22)27-19(26)23(16)15-4-9-20(10-5-15)11-6-18(25)21-7-2-3-8-21/h15-17H,2-13H2,1H3/t16-,17+/m1/s1. The molecule has 0 unspecified atom stereocenters. The van der Waals surface area contributed by atoms with E-state index in [1.165, 1.54) is 0 Å². The molecule has 27 heavy (non-hydrogen) atoms. The van der Waals surface area contributed by atoms with Crippen LogP contribution in [0.3, 0.4) is 0 Å². The molecule has 2 atom stereocenters. The molecule has 8 nitrogen and oxygen atoms in total. The zero-order valence-corrected chi connectivity index (χ0v) is 16.1. The quantitative estimate of drug-likeness (QED) is 0.713. The molecule has 4 saturated heterocycles. The van der Waals surface area contributed by atoms with Crippen molar-refractivity contribution in [2.24, 2.45) is 0 Å². The predicted octanol–water partition coefficient (Wildman–Crippen LogP) is 0.515. The zero-order chi connectivity index (χ0) is 19.0. The zero-order valence-electron chi connectivity index (χ0n) is 16.1. The van der Waals surface area contributed by atoms with Crippen molar-refractivity contribution < 1.29 is 19.1 Å². The third-order valence-electron chi connectivity index (χ3n) is 6.55. The molecule has 0 radical (unpaired) electrons. The number of hydrogen-bond acceptors (Lipinski definition) is 5. The lowest BCUT2D eigenvalue weighted by Crippen LogP contribution is -2.50. The van der Waals surface area contributed by atoms with Crippen molar-refractivity contribution in [2.75, 3.05) is 45.8 Å². The number of amides is 3. The summed E-state index contributed by atoms with van der Waals surface area (Å²) in [6.45, 7) is 7.09. The van der Waals surface area contributed by atoms with Crippen LogP contribution in [-0.4, -0.2) is 102 Å². The van der Waals surface area contributed by atoms with Crippen LogP contribution in [0.25, 0.3) is 0 Å². The maximum atomic E-state index is 12.3. The monoisotopic (exact) mass is 378 g/mol. The fourth-order valence-corrected chi connectivity index (χ4v) is 4.94. The van der Waals surface area contributed by atoms with Gasteiger partial charge < -0.3 is 19.4 Å². The maximum absolute atomic E-state index is 12.3. The second-order valence-electron chi connectivity index (χ2n) is 8.23. The Morgan fingerprint density at radius 1 is 1.04 bits per heavy atom. The molecule has 8 heteroatoms. The minimum atomic E-state index is -0.226. The van der Waals surface area contributed by atoms with Gasteiger partial charge in [0.05, 0.1) is 12.6 Å². The number of fused-ring (bicyclic) bond motifs is 1. The van der Waals surface area contributed by atoms with Crippen molar-refractivity contribution in [3.8, 4) is 0 Å². The average Bonchev–Trinajstić information content (AvgIpc) is 3.36. The van der Waals surface area contributed by atoms with Gasteiger partial charge in [-0.25, -0.2) is 4.79 Å². The number of piperidine rings is 1. The van der Waals surface area contributed by atoms with Crippen LogP contribution in [-0.2, 0) is 14.3 Å². The summed E-state index contributed by atoms with van der Waals surface area (Å²) in [4.78, 5) is 44.2. The molecule has 4 heterocycles. The fourth-order valence-electron chi connectivity index (χ4n) is 4.94. The van der Waals surface area contributed by atoms with Crippen LogP contribution in [0.1, 0.15) is 39.0 Å². The Balaban J connectivity index is 1.25. The molecule has 0 aliphatic carbocycles. The van der Waals surface area contributed by atoms with Crippen LogP contribution >= 0.6 is 0 Å². The van der Waals surface area contributed by atoms with Gasteiger partial charge in [-0.2, -0.15) is 0 Å². The Bertz CT molecular complexity index is 599. The van der Waals surface area contributed by atoms with E-state index in [0.717, 1.165) is 58.4 Å². The Kier molecular flexibility index (Phi) is 5.25. The Morgan fingerprint density at radius 3 is 2.41 bits per heavy atom. The molecule has 150 valence electrons. The third kappa shape index (κ3) is 3.77. The highest BCUT2D eigenvalue weighted by Crippen LogP contribution is 2.32. The molecule has 4 aliphatic rings. The predicted molar refractivity (Wildman–Crippen MR) is 98.0 cm³/mol. The van der Waals surface area contributed by atoms with Crippen LogP contribution < -0.4 is 0 Å². The molecular formula is C19H30N4O4. The molecule has 4 aliphatic heterocycles. The van der Waals surface area contributed by atoms with Gasteiger partial charge >= 0.3 is 6.09 Å². The SMILES string of the molecule is CC(=O)N1C[C@@H]2OC(=O)N(C3CCN(CCC(=O)N4CCCC4)CC3)[C@@H]2C1. The van der Waals surface area contributed by atoms with Crippen LogP contribution in [0.5, 0.6) is 0 Å². The molecule has 4 fully saturated rings. The van der Waals surface area contributed by atoms with Gasteiger partial charge in [-0.05, 0) is 25.7 Å². The van der Waals surface area contributed by atoms with Crippen LogP contribution in [0.4, 0.5) is 4.79 Å². The Hall–Kier alpha value is -1.83. The molecule has 0 saturated carbocycles. The Morgan fingerprint density at radius 2 is 1.74 bits per heavy atom. The summed E-state index contributed by atoms with van der Waals surface area (Å²) in [5.41, 5.74) is 0. The number of carbonyl (C=O) groups excluding carboxylic acids is 3. The van der Waals surface area contributed by atoms with Gasteiger partial charge in [-0.3, -0.25) is 14.5 Å². The van der Waals surface area contributed by atoms with Crippen LogP contribution in [0, 0.1) is 0 Å². The first-order valence-electron chi connectivity index (χ1n) is 10.3. The molecule has 0 N–H and O–H groups in total. The highest BCUT2D eigenvalue weighted by atomic mass is 16.6. The van der Waals surface area contributed by atoms with Gasteiger partial charge in [0.15, 0.2) is 0 Å². The van der Waals surface area contributed by atoms with Crippen molar-refractivity contribution in [3.63, 3.8) is 0 Å². The van der Waals surface area contributed by atoms with Crippen molar-refractivity contribution in [1.82, 2.24) is 19.6 Å². The van der Waals surface area contributed by atoms with E-state index in [4.69, 9.17) is 4.74 Å². The lowest BCUT2D eigenvalue weighted by molar-refractivity contribution is -0.130. The molecule has 4 rings (SSSR count). The van der Waals surface area contributed by atoms with Crippen LogP contribution in [0.15, 0.2) is 0 Å². The van der Waals surface area contributed by atoms with Gasteiger partial charge in [-0.15, -0.1) is 0 Å². The first-order chi connectivity index (χ1) is 13.0. The van der Waals surface area contributed by atoms with E-state index in [1.807, 2.05) is 9.80 Å². The highest BCUT2D eigenvalue weighted by molar-refractivity contribution is 5.77. The van der Waals surface area contributed by atoms with E-state index in [1.54, 1.807) is 11.8 Å². The fraction of sp³-hybridized carbons (Fsp3) is 0.842. The van der Waals surface area contributed by atoms with E-state index in [-0.39, 0.29) is 36.1 Å². The van der Waals surface area contributed by atoms with Gasteiger partial charge in [0.2, 0.25) is 11.8 Å². The van der Waals surface area contributed by atoms with Crippen LogP contribution in [0.2, 0.25) is 0 Å². The van der Waals surface area contributed by atoms with E-state index in [2.05, 4.69) is 4.90 Å². The molecule has 0 aromatic heterocycles. The smallest absolute Gasteiger partial charge is 0.410 e. The minimum Gasteiger partial charge on any atom is -0.442 e. The number of ether oxygens (including phenoxy) is 1. The normalized spacial score (nSPS) is 29.4. The number of carbonyl (C=O) groups is 3. The van der Waals surface area contributed by atoms with Crippen molar-refractivity contribution >= 4 is 17.9 Å². The second kappa shape index (κ2) is 7.66. The van der Waals surface area contributed by atoms with Crippen molar-refractivity contribution in [3.05, 3.63) is 0 Å². The number of nitrogens with zero attached hydrogens (tertiary/aromatic N) is 4. The van der Waals surface area contributed by atoms with E-state index < -0.39 is 0 Å². The van der Waals surface area contributed by atoms with E-state index in [9.17, 15) is 14.4 Å². The summed E-state index contributed by atoms with van der Waals surface area (Å²) in [5.74, 6) is 0.314. The number of likely N-dealkylation sites (tertiary alicyclic amines) is 3. The summed E-state index contributed by atoms with van der Waals surface area (Å²) < 4.78 is 5.52. The van der Waals surface area contributed by atoms with Gasteiger partial charge in [0.1, 0.15) is 6.10 Å². The first kappa shape index (κ1) is 18.5. The largest absolute Gasteiger partial charge is 0.442 e. The average molecular weight is 378 g/mol.